The lowest BCUT2D eigenvalue weighted by molar-refractivity contribution is 0.111. The van der Waals surface area contributed by atoms with Crippen LogP contribution in [-0.4, -0.2) is 20.5 Å². The second kappa shape index (κ2) is 4.80. The van der Waals surface area contributed by atoms with Crippen LogP contribution in [0.15, 0.2) is 18.3 Å². The summed E-state index contributed by atoms with van der Waals surface area (Å²) in [6.45, 7) is 0. The molecule has 88 valence electrons. The van der Waals surface area contributed by atoms with E-state index in [2.05, 4.69) is 10.1 Å². The minimum atomic E-state index is -0.679. The number of nitrogens with zero attached hydrogens (tertiary/aromatic N) is 3. The largest absolute Gasteiger partial charge is 0.296 e. The Morgan fingerprint density at radius 2 is 2.24 bits per heavy atom. The number of aromatic nitrogens is 3. The van der Waals surface area contributed by atoms with Gasteiger partial charge in [-0.05, 0) is 12.1 Å². The average Bonchev–Trinajstić information content (AvgIpc) is 2.75. The van der Waals surface area contributed by atoms with Crippen LogP contribution in [0.5, 0.6) is 0 Å². The second-order valence-electron chi connectivity index (χ2n) is 3.00. The van der Waals surface area contributed by atoms with E-state index >= 15 is 0 Å². The highest BCUT2D eigenvalue weighted by molar-refractivity contribution is 7.92. The Morgan fingerprint density at radius 3 is 2.88 bits per heavy atom. The Kier molecular flexibility index (Phi) is 3.39. The van der Waals surface area contributed by atoms with Crippen molar-refractivity contribution in [3.63, 3.8) is 0 Å². The van der Waals surface area contributed by atoms with E-state index in [1.165, 1.54) is 12.1 Å². The Balaban J connectivity index is 2.62. The molecule has 17 heavy (non-hydrogen) atoms. The zero-order chi connectivity index (χ0) is 12.4. The molecule has 8 heteroatoms. The fraction of sp³-hybridized carbons (Fsp3) is 0. The van der Waals surface area contributed by atoms with Gasteiger partial charge in [-0.2, -0.15) is 9.19 Å². The van der Waals surface area contributed by atoms with E-state index in [0.29, 0.717) is 6.29 Å². The van der Waals surface area contributed by atoms with Gasteiger partial charge in [-0.3, -0.25) is 4.79 Å². The van der Waals surface area contributed by atoms with E-state index in [1.54, 1.807) is 0 Å². The summed E-state index contributed by atoms with van der Waals surface area (Å²) in [4.78, 5) is 14.1. The zero-order valence-electron chi connectivity index (χ0n) is 8.10. The standard InChI is InChI=1S/C9H4ClF2N3OS/c10-9-2-6(7(11)3-13-9)8-1-5(4-16)14-15(8)17-12/h1-4H. The van der Waals surface area contributed by atoms with Crippen LogP contribution in [0.2, 0.25) is 5.15 Å². The van der Waals surface area contributed by atoms with Gasteiger partial charge in [0.1, 0.15) is 10.8 Å². The minimum Gasteiger partial charge on any atom is -0.296 e. The maximum Gasteiger partial charge on any atom is 0.188 e. The molecule has 0 saturated heterocycles. The highest BCUT2D eigenvalue weighted by atomic mass is 35.5. The lowest BCUT2D eigenvalue weighted by Crippen LogP contribution is -1.94. The van der Waals surface area contributed by atoms with E-state index in [-0.39, 0.29) is 34.4 Å². The Bertz CT molecular complexity index is 575. The fourth-order valence-electron chi connectivity index (χ4n) is 1.28. The fourth-order valence-corrected chi connectivity index (χ4v) is 1.79. The van der Waals surface area contributed by atoms with E-state index in [9.17, 15) is 13.1 Å². The third-order valence-electron chi connectivity index (χ3n) is 1.98. The molecule has 2 rings (SSSR count). The molecule has 0 aromatic carbocycles. The highest BCUT2D eigenvalue weighted by Gasteiger charge is 2.15. The van der Waals surface area contributed by atoms with Crippen LogP contribution < -0.4 is 0 Å². The molecule has 0 aliphatic heterocycles. The van der Waals surface area contributed by atoms with Gasteiger partial charge in [-0.25, -0.2) is 9.37 Å². The van der Waals surface area contributed by atoms with Crippen molar-refractivity contribution in [2.45, 2.75) is 0 Å². The molecule has 4 nitrogen and oxygen atoms in total. The molecule has 0 N–H and O–H groups in total. The summed E-state index contributed by atoms with van der Waals surface area (Å²) < 4.78 is 26.9. The minimum absolute atomic E-state index is 0.00233. The molecular weight excluding hydrogens is 272 g/mol. The van der Waals surface area contributed by atoms with Crippen molar-refractivity contribution in [2.75, 3.05) is 0 Å². The predicted octanol–water partition coefficient (Wildman–Crippen LogP) is 2.93. The first-order valence-electron chi connectivity index (χ1n) is 4.31. The molecule has 0 unspecified atom stereocenters. The first-order valence-corrected chi connectivity index (χ1v) is 5.36. The van der Waals surface area contributed by atoms with Crippen molar-refractivity contribution in [3.8, 4) is 11.3 Å². The van der Waals surface area contributed by atoms with E-state index in [0.717, 1.165) is 10.3 Å². The summed E-state index contributed by atoms with van der Waals surface area (Å²) in [5.74, 6) is -0.679. The Morgan fingerprint density at radius 1 is 1.47 bits per heavy atom. The van der Waals surface area contributed by atoms with Crippen LogP contribution in [0.25, 0.3) is 11.3 Å². The van der Waals surface area contributed by atoms with Gasteiger partial charge >= 0.3 is 0 Å². The molecule has 2 aromatic heterocycles. The first-order chi connectivity index (χ1) is 8.15. The van der Waals surface area contributed by atoms with Crippen molar-refractivity contribution in [1.29, 1.82) is 0 Å². The molecule has 2 heterocycles. The summed E-state index contributed by atoms with van der Waals surface area (Å²) in [6, 6.07) is 2.49. The van der Waals surface area contributed by atoms with Crippen molar-refractivity contribution >= 4 is 30.2 Å². The maximum absolute atomic E-state index is 13.5. The van der Waals surface area contributed by atoms with Gasteiger partial charge in [0.05, 0.1) is 11.9 Å². The molecule has 0 atom stereocenters. The summed E-state index contributed by atoms with van der Waals surface area (Å²) in [5.41, 5.74) is 0.120. The topological polar surface area (TPSA) is 47.8 Å². The van der Waals surface area contributed by atoms with Gasteiger partial charge in [0.25, 0.3) is 0 Å². The van der Waals surface area contributed by atoms with Gasteiger partial charge in [0.2, 0.25) is 0 Å². The monoisotopic (exact) mass is 275 g/mol. The SMILES string of the molecule is O=Cc1cc(-c2cc(Cl)ncc2F)n(SF)n1. The van der Waals surface area contributed by atoms with Crippen molar-refractivity contribution in [2.24, 2.45) is 0 Å². The van der Waals surface area contributed by atoms with Gasteiger partial charge in [0, 0.05) is 5.56 Å². The van der Waals surface area contributed by atoms with E-state index in [4.69, 9.17) is 11.6 Å². The van der Waals surface area contributed by atoms with Gasteiger partial charge < -0.3 is 0 Å². The number of pyridine rings is 1. The predicted molar refractivity (Wildman–Crippen MR) is 59.9 cm³/mol. The number of carbonyl (C=O) groups excluding carboxylic acids is 1. The van der Waals surface area contributed by atoms with Crippen LogP contribution in [0.1, 0.15) is 10.5 Å². The molecule has 0 aliphatic carbocycles. The molecule has 0 fully saturated rings. The number of hydrogen-bond donors (Lipinski definition) is 0. The summed E-state index contributed by atoms with van der Waals surface area (Å²) >= 11 is 5.38. The molecule has 0 bridgehead atoms. The van der Waals surface area contributed by atoms with Crippen LogP contribution >= 0.6 is 23.9 Å². The van der Waals surface area contributed by atoms with Crippen molar-refractivity contribution < 1.29 is 13.1 Å². The molecule has 2 aromatic rings. The molecule has 0 radical (unpaired) electrons. The Hall–Kier alpha value is -1.47. The van der Waals surface area contributed by atoms with E-state index in [1.807, 2.05) is 0 Å². The second-order valence-corrected chi connectivity index (χ2v) is 3.87. The normalized spacial score (nSPS) is 10.5. The third kappa shape index (κ3) is 2.29. The van der Waals surface area contributed by atoms with Gasteiger partial charge in [-0.15, -0.1) is 3.89 Å². The lowest BCUT2D eigenvalue weighted by Gasteiger charge is -2.02. The van der Waals surface area contributed by atoms with E-state index < -0.39 is 5.82 Å². The molecule has 0 spiro atoms. The Labute approximate surface area is 104 Å². The summed E-state index contributed by atoms with van der Waals surface area (Å²) in [6.07, 6.45) is 1.36. The number of aldehydes is 1. The number of hydrogen-bond acceptors (Lipinski definition) is 4. The quantitative estimate of drug-likeness (QED) is 0.638. The first kappa shape index (κ1) is 12.0. The van der Waals surface area contributed by atoms with Crippen molar-refractivity contribution in [1.82, 2.24) is 14.2 Å². The number of carbonyl (C=O) groups is 1. The number of halogens is 3. The lowest BCUT2D eigenvalue weighted by atomic mass is 10.2. The molecule has 0 saturated carbocycles. The zero-order valence-corrected chi connectivity index (χ0v) is 9.67. The highest BCUT2D eigenvalue weighted by Crippen LogP contribution is 2.28. The van der Waals surface area contributed by atoms with Crippen LogP contribution in [0.3, 0.4) is 0 Å². The van der Waals surface area contributed by atoms with Gasteiger partial charge in [0.15, 0.2) is 24.4 Å². The van der Waals surface area contributed by atoms with Crippen LogP contribution in [-0.2, 0) is 0 Å². The smallest absolute Gasteiger partial charge is 0.188 e. The van der Waals surface area contributed by atoms with Crippen molar-refractivity contribution in [3.05, 3.63) is 35.0 Å². The molecule has 0 aliphatic rings. The van der Waals surface area contributed by atoms with Crippen LogP contribution in [0, 0.1) is 5.82 Å². The molecule has 0 amide bonds. The maximum atomic E-state index is 13.5. The summed E-state index contributed by atoms with van der Waals surface area (Å²) in [7, 11) is 0. The van der Waals surface area contributed by atoms with Gasteiger partial charge in [-0.1, -0.05) is 11.6 Å². The third-order valence-corrected chi connectivity index (χ3v) is 2.60. The molecular formula is C9H4ClF2N3OS. The average molecular weight is 276 g/mol. The van der Waals surface area contributed by atoms with Crippen LogP contribution in [0.4, 0.5) is 8.28 Å². The number of rotatable bonds is 3. The summed E-state index contributed by atoms with van der Waals surface area (Å²) in [5, 5.41) is 3.66.